The number of allylic oxidation sites excluding steroid dienone is 1. The van der Waals surface area contributed by atoms with E-state index in [1.54, 1.807) is 19.5 Å². The summed E-state index contributed by atoms with van der Waals surface area (Å²) < 4.78 is 5.09. The summed E-state index contributed by atoms with van der Waals surface area (Å²) in [7, 11) is 1.60. The van der Waals surface area contributed by atoms with Gasteiger partial charge in [-0.2, -0.15) is 0 Å². The zero-order valence-corrected chi connectivity index (χ0v) is 8.81. The Morgan fingerprint density at radius 3 is 3.00 bits per heavy atom. The molecular weight excluding hydrogens is 190 g/mol. The average Bonchev–Trinajstić information content (AvgIpc) is 2.30. The zero-order chi connectivity index (χ0) is 10.7. The molecule has 0 radical (unpaired) electrons. The molecule has 3 heteroatoms. The number of rotatable bonds is 2. The minimum absolute atomic E-state index is 0.680. The van der Waals surface area contributed by atoms with Crippen molar-refractivity contribution in [2.45, 2.75) is 24.9 Å². The molecule has 1 atom stereocenters. The molecular formula is C12H15NO2. The summed E-state index contributed by atoms with van der Waals surface area (Å²) in [5.41, 5.74) is -0.0578. The van der Waals surface area contributed by atoms with Gasteiger partial charge in [0.15, 0.2) is 0 Å². The van der Waals surface area contributed by atoms with E-state index >= 15 is 0 Å². The van der Waals surface area contributed by atoms with Crippen LogP contribution in [0.3, 0.4) is 0 Å². The van der Waals surface area contributed by atoms with Gasteiger partial charge in [-0.05, 0) is 25.3 Å². The predicted molar refractivity (Wildman–Crippen MR) is 57.7 cm³/mol. The van der Waals surface area contributed by atoms with Crippen LogP contribution in [0.1, 0.15) is 24.8 Å². The van der Waals surface area contributed by atoms with Crippen LogP contribution in [0.15, 0.2) is 30.6 Å². The Balaban J connectivity index is 2.35. The van der Waals surface area contributed by atoms with Gasteiger partial charge in [-0.15, -0.1) is 0 Å². The highest BCUT2D eigenvalue weighted by molar-refractivity contribution is 5.32. The third-order valence-corrected chi connectivity index (χ3v) is 2.77. The molecule has 1 heterocycles. The van der Waals surface area contributed by atoms with Crippen molar-refractivity contribution in [3.63, 3.8) is 0 Å². The number of ether oxygens (including phenoxy) is 1. The molecule has 1 aromatic rings. The third-order valence-electron chi connectivity index (χ3n) is 2.77. The van der Waals surface area contributed by atoms with E-state index in [0.29, 0.717) is 5.75 Å². The molecule has 1 aromatic heterocycles. The van der Waals surface area contributed by atoms with Crippen LogP contribution in [0.25, 0.3) is 0 Å². The fourth-order valence-electron chi connectivity index (χ4n) is 1.86. The van der Waals surface area contributed by atoms with Crippen molar-refractivity contribution in [1.82, 2.24) is 4.98 Å². The Kier molecular flexibility index (Phi) is 2.73. The Morgan fingerprint density at radius 1 is 1.47 bits per heavy atom. The second-order valence-electron chi connectivity index (χ2n) is 3.83. The van der Waals surface area contributed by atoms with Crippen molar-refractivity contribution < 1.29 is 9.84 Å². The average molecular weight is 205 g/mol. The van der Waals surface area contributed by atoms with E-state index in [1.165, 1.54) is 0 Å². The van der Waals surface area contributed by atoms with Crippen LogP contribution in [0.4, 0.5) is 0 Å². The van der Waals surface area contributed by atoms with E-state index in [4.69, 9.17) is 4.74 Å². The van der Waals surface area contributed by atoms with Gasteiger partial charge in [-0.25, -0.2) is 0 Å². The molecule has 3 nitrogen and oxygen atoms in total. The molecule has 0 spiro atoms. The molecule has 0 aliphatic heterocycles. The normalized spacial score (nSPS) is 25.2. The maximum atomic E-state index is 10.4. The maximum Gasteiger partial charge on any atom is 0.137 e. The van der Waals surface area contributed by atoms with E-state index in [-0.39, 0.29) is 0 Å². The van der Waals surface area contributed by atoms with Gasteiger partial charge in [-0.1, -0.05) is 12.2 Å². The lowest BCUT2D eigenvalue weighted by molar-refractivity contribution is 0.0720. The minimum Gasteiger partial charge on any atom is -0.495 e. The molecule has 0 saturated heterocycles. The van der Waals surface area contributed by atoms with Gasteiger partial charge in [0.25, 0.3) is 0 Å². The van der Waals surface area contributed by atoms with Crippen LogP contribution >= 0.6 is 0 Å². The predicted octanol–water partition coefficient (Wildman–Crippen LogP) is 2.02. The summed E-state index contributed by atoms with van der Waals surface area (Å²) in [4.78, 5) is 4.06. The Morgan fingerprint density at radius 2 is 2.33 bits per heavy atom. The van der Waals surface area contributed by atoms with Crippen LogP contribution in [0.5, 0.6) is 5.75 Å². The molecule has 2 rings (SSSR count). The summed E-state index contributed by atoms with van der Waals surface area (Å²) >= 11 is 0. The lowest BCUT2D eigenvalue weighted by atomic mass is 9.85. The van der Waals surface area contributed by atoms with E-state index in [2.05, 4.69) is 4.98 Å². The summed E-state index contributed by atoms with van der Waals surface area (Å²) in [6, 6.07) is 1.84. The quantitative estimate of drug-likeness (QED) is 0.751. The topological polar surface area (TPSA) is 42.4 Å². The van der Waals surface area contributed by atoms with Crippen molar-refractivity contribution >= 4 is 0 Å². The number of pyridine rings is 1. The molecule has 1 aliphatic carbocycles. The number of aliphatic hydroxyl groups is 1. The fourth-order valence-corrected chi connectivity index (χ4v) is 1.86. The first-order valence-corrected chi connectivity index (χ1v) is 5.14. The van der Waals surface area contributed by atoms with Crippen LogP contribution in [-0.2, 0) is 5.60 Å². The number of methoxy groups -OCH3 is 1. The van der Waals surface area contributed by atoms with Crippen molar-refractivity contribution in [3.05, 3.63) is 36.2 Å². The lowest BCUT2D eigenvalue weighted by Gasteiger charge is -2.27. The first-order chi connectivity index (χ1) is 7.24. The Labute approximate surface area is 89.4 Å². The van der Waals surface area contributed by atoms with Gasteiger partial charge in [0.1, 0.15) is 11.4 Å². The lowest BCUT2D eigenvalue weighted by Crippen LogP contribution is -2.24. The monoisotopic (exact) mass is 205 g/mol. The Hall–Kier alpha value is -1.35. The minimum atomic E-state index is -0.861. The highest BCUT2D eigenvalue weighted by Crippen LogP contribution is 2.33. The van der Waals surface area contributed by atoms with Crippen molar-refractivity contribution in [1.29, 1.82) is 0 Å². The van der Waals surface area contributed by atoms with E-state index in [1.807, 2.05) is 18.2 Å². The summed E-state index contributed by atoms with van der Waals surface area (Å²) in [5, 5.41) is 10.4. The molecule has 0 saturated carbocycles. The molecule has 0 amide bonds. The second kappa shape index (κ2) is 4.03. The van der Waals surface area contributed by atoms with Gasteiger partial charge in [0, 0.05) is 11.8 Å². The van der Waals surface area contributed by atoms with Gasteiger partial charge in [0.05, 0.1) is 13.3 Å². The first kappa shape index (κ1) is 10.2. The van der Waals surface area contributed by atoms with Crippen LogP contribution < -0.4 is 4.74 Å². The molecule has 0 bridgehead atoms. The largest absolute Gasteiger partial charge is 0.495 e. The van der Waals surface area contributed by atoms with E-state index < -0.39 is 5.60 Å². The van der Waals surface area contributed by atoms with Crippen molar-refractivity contribution in [3.8, 4) is 5.75 Å². The zero-order valence-electron chi connectivity index (χ0n) is 8.81. The molecule has 15 heavy (non-hydrogen) atoms. The van der Waals surface area contributed by atoms with Crippen LogP contribution in [0.2, 0.25) is 0 Å². The van der Waals surface area contributed by atoms with Gasteiger partial charge in [-0.3, -0.25) is 4.98 Å². The summed E-state index contributed by atoms with van der Waals surface area (Å²) in [6.45, 7) is 0. The molecule has 0 aromatic carbocycles. The molecule has 1 aliphatic rings. The smallest absolute Gasteiger partial charge is 0.137 e. The number of hydrogen-bond acceptors (Lipinski definition) is 3. The van der Waals surface area contributed by atoms with Crippen LogP contribution in [-0.4, -0.2) is 17.2 Å². The highest BCUT2D eigenvalue weighted by atomic mass is 16.5. The van der Waals surface area contributed by atoms with Crippen molar-refractivity contribution in [2.24, 2.45) is 0 Å². The first-order valence-electron chi connectivity index (χ1n) is 5.14. The van der Waals surface area contributed by atoms with E-state index in [0.717, 1.165) is 24.8 Å². The van der Waals surface area contributed by atoms with Gasteiger partial charge < -0.3 is 9.84 Å². The van der Waals surface area contributed by atoms with E-state index in [9.17, 15) is 5.11 Å². The van der Waals surface area contributed by atoms with Crippen LogP contribution in [0, 0.1) is 0 Å². The number of aromatic nitrogens is 1. The highest BCUT2D eigenvalue weighted by Gasteiger charge is 2.28. The van der Waals surface area contributed by atoms with Crippen molar-refractivity contribution in [2.75, 3.05) is 7.11 Å². The standard InChI is InChI=1S/C12H15NO2/c1-15-11-7-10(8-13-9-11)12(14)5-3-2-4-6-12/h3,5,7-9,14H,2,4,6H2,1H3. The van der Waals surface area contributed by atoms with Gasteiger partial charge in [0.2, 0.25) is 0 Å². The molecule has 80 valence electrons. The number of nitrogens with zero attached hydrogens (tertiary/aromatic N) is 1. The number of hydrogen-bond donors (Lipinski definition) is 1. The second-order valence-corrected chi connectivity index (χ2v) is 3.83. The summed E-state index contributed by atoms with van der Waals surface area (Å²) in [5.74, 6) is 0.680. The fraction of sp³-hybridized carbons (Fsp3) is 0.417. The summed E-state index contributed by atoms with van der Waals surface area (Å²) in [6.07, 6.45) is 10.00. The maximum absolute atomic E-state index is 10.4. The SMILES string of the molecule is COc1cncc(C2(O)C=CCCC2)c1. The third kappa shape index (κ3) is 2.02. The molecule has 0 fully saturated rings. The molecule has 1 unspecified atom stereocenters. The van der Waals surface area contributed by atoms with Gasteiger partial charge >= 0.3 is 0 Å². The Bertz CT molecular complexity index is 376. The molecule has 1 N–H and O–H groups in total.